The van der Waals surface area contributed by atoms with Gasteiger partial charge in [0.15, 0.2) is 5.78 Å². The van der Waals surface area contributed by atoms with Gasteiger partial charge in [0, 0.05) is 40.5 Å². The topological polar surface area (TPSA) is 71.4 Å². The lowest BCUT2D eigenvalue weighted by Crippen LogP contribution is -2.39. The number of hydrogen-bond donors (Lipinski definition) is 1. The van der Waals surface area contributed by atoms with Crippen molar-refractivity contribution >= 4 is 34.8 Å². The first-order chi connectivity index (χ1) is 14.3. The number of hydrogen-bond acceptors (Lipinski definition) is 4. The molecule has 6 heteroatoms. The Morgan fingerprint density at radius 1 is 1.17 bits per heavy atom. The molecular formula is C24H24ClN3O2. The van der Waals surface area contributed by atoms with Crippen molar-refractivity contribution in [2.45, 2.75) is 39.5 Å². The quantitative estimate of drug-likeness (QED) is 0.748. The smallest absolute Gasteiger partial charge is 0.235 e. The molecule has 2 heterocycles. The summed E-state index contributed by atoms with van der Waals surface area (Å²) in [6, 6.07) is 11.1. The summed E-state index contributed by atoms with van der Waals surface area (Å²) in [5.74, 6) is -0.460. The number of anilines is 1. The number of nitrogens with one attached hydrogen (secondary N) is 1. The monoisotopic (exact) mass is 421 g/mol. The highest BCUT2D eigenvalue weighted by molar-refractivity contribution is 6.30. The zero-order valence-corrected chi connectivity index (χ0v) is 18.0. The lowest BCUT2D eigenvalue weighted by Gasteiger charge is -2.36. The van der Waals surface area contributed by atoms with Crippen LogP contribution in [0.1, 0.15) is 43.7 Å². The fourth-order valence-corrected chi connectivity index (χ4v) is 4.59. The number of amides is 1. The van der Waals surface area contributed by atoms with Gasteiger partial charge in [0.25, 0.3) is 0 Å². The minimum absolute atomic E-state index is 0.0660. The third-order valence-corrected chi connectivity index (χ3v) is 5.98. The van der Waals surface area contributed by atoms with Gasteiger partial charge < -0.3 is 5.32 Å². The highest BCUT2D eigenvalue weighted by Gasteiger charge is 2.43. The van der Waals surface area contributed by atoms with Crippen LogP contribution in [0.25, 0.3) is 0 Å². The second-order valence-corrected chi connectivity index (χ2v) is 8.71. The van der Waals surface area contributed by atoms with E-state index in [2.05, 4.69) is 17.2 Å². The summed E-state index contributed by atoms with van der Waals surface area (Å²) in [5, 5.41) is 3.48. The molecule has 1 aromatic carbocycles. The molecule has 1 N–H and O–H groups in total. The van der Waals surface area contributed by atoms with E-state index in [-0.39, 0.29) is 17.6 Å². The molecule has 2 aromatic rings. The Morgan fingerprint density at radius 2 is 1.97 bits per heavy atom. The van der Waals surface area contributed by atoms with E-state index in [1.807, 2.05) is 38.1 Å². The number of pyridine rings is 1. The van der Waals surface area contributed by atoms with Gasteiger partial charge in [0.1, 0.15) is 5.82 Å². The van der Waals surface area contributed by atoms with Crippen molar-refractivity contribution in [3.05, 3.63) is 70.0 Å². The van der Waals surface area contributed by atoms with Crippen molar-refractivity contribution in [3.8, 4) is 0 Å². The first kappa shape index (κ1) is 20.5. The Kier molecular flexibility index (Phi) is 5.56. The number of halogens is 1. The Bertz CT molecular complexity index is 1070. The second kappa shape index (κ2) is 8.15. The predicted octanol–water partition coefficient (Wildman–Crippen LogP) is 5.11. The number of rotatable bonds is 3. The number of ketones is 1. The summed E-state index contributed by atoms with van der Waals surface area (Å²) in [6.07, 6.45) is 2.92. The summed E-state index contributed by atoms with van der Waals surface area (Å²) in [5.41, 5.74) is 4.02. The third kappa shape index (κ3) is 3.94. The number of aliphatic imine (C=N–C) groups is 1. The number of aromatic nitrogens is 1. The first-order valence-electron chi connectivity index (χ1n) is 10.1. The normalized spacial score (nSPS) is 23.7. The molecule has 1 aliphatic heterocycles. The highest BCUT2D eigenvalue weighted by atomic mass is 35.5. The summed E-state index contributed by atoms with van der Waals surface area (Å²) in [6.45, 7) is 5.86. The lowest BCUT2D eigenvalue weighted by atomic mass is 9.70. The molecule has 30 heavy (non-hydrogen) atoms. The van der Waals surface area contributed by atoms with Crippen molar-refractivity contribution in [2.75, 3.05) is 5.32 Å². The second-order valence-electron chi connectivity index (χ2n) is 8.27. The highest BCUT2D eigenvalue weighted by Crippen LogP contribution is 2.45. The van der Waals surface area contributed by atoms with Crippen LogP contribution in [0.5, 0.6) is 0 Å². The molecule has 0 radical (unpaired) electrons. The summed E-state index contributed by atoms with van der Waals surface area (Å²) in [4.78, 5) is 35.5. The van der Waals surface area contributed by atoms with Crippen LogP contribution in [0.15, 0.2) is 58.9 Å². The molecule has 1 amide bonds. The molecule has 5 nitrogen and oxygen atoms in total. The molecule has 1 unspecified atom stereocenters. The fourth-order valence-electron chi connectivity index (χ4n) is 4.39. The van der Waals surface area contributed by atoms with Gasteiger partial charge in [-0.15, -0.1) is 0 Å². The SMILES string of the molecule is CC1=NC2=C(C(=O)C[C@@H](C)C2)[C@H](c2cccc(Cl)c2)C1C(=O)Nc1ccc(C)cn1. The number of carbonyl (C=O) groups excluding carboxylic acids is 2. The lowest BCUT2D eigenvalue weighted by molar-refractivity contribution is -0.119. The Labute approximate surface area is 181 Å². The summed E-state index contributed by atoms with van der Waals surface area (Å²) < 4.78 is 0. The zero-order chi connectivity index (χ0) is 21.4. The van der Waals surface area contributed by atoms with Crippen molar-refractivity contribution in [3.63, 3.8) is 0 Å². The van der Waals surface area contributed by atoms with Crippen LogP contribution >= 0.6 is 11.6 Å². The molecule has 0 saturated heterocycles. The van der Waals surface area contributed by atoms with Crippen molar-refractivity contribution in [1.82, 2.24) is 4.98 Å². The fraction of sp³-hybridized carbons (Fsp3) is 0.333. The number of benzene rings is 1. The van der Waals surface area contributed by atoms with E-state index >= 15 is 0 Å². The molecule has 0 fully saturated rings. The minimum atomic E-state index is -0.609. The van der Waals surface area contributed by atoms with Gasteiger partial charge in [-0.3, -0.25) is 14.6 Å². The van der Waals surface area contributed by atoms with E-state index in [1.54, 1.807) is 18.3 Å². The molecule has 0 bridgehead atoms. The molecule has 4 rings (SSSR count). The predicted molar refractivity (Wildman–Crippen MR) is 119 cm³/mol. The number of allylic oxidation sites excluding steroid dienone is 2. The van der Waals surface area contributed by atoms with E-state index in [1.165, 1.54) is 0 Å². The van der Waals surface area contributed by atoms with Crippen LogP contribution in [-0.4, -0.2) is 22.4 Å². The minimum Gasteiger partial charge on any atom is -0.310 e. The Balaban J connectivity index is 1.78. The van der Waals surface area contributed by atoms with Gasteiger partial charge in [0.05, 0.1) is 5.92 Å². The van der Waals surface area contributed by atoms with E-state index in [4.69, 9.17) is 16.6 Å². The molecule has 2 aliphatic rings. The van der Waals surface area contributed by atoms with Gasteiger partial charge in [-0.05, 0) is 55.5 Å². The van der Waals surface area contributed by atoms with E-state index in [0.29, 0.717) is 28.5 Å². The molecule has 0 spiro atoms. The average molecular weight is 422 g/mol. The number of carbonyl (C=O) groups is 2. The molecule has 1 aliphatic carbocycles. The van der Waals surface area contributed by atoms with Crippen molar-refractivity contribution in [1.29, 1.82) is 0 Å². The van der Waals surface area contributed by atoms with Crippen LogP contribution in [-0.2, 0) is 9.59 Å². The third-order valence-electron chi connectivity index (χ3n) is 5.75. The maximum atomic E-state index is 13.4. The van der Waals surface area contributed by atoms with Crippen LogP contribution < -0.4 is 5.32 Å². The van der Waals surface area contributed by atoms with Gasteiger partial charge in [-0.1, -0.05) is 36.7 Å². The van der Waals surface area contributed by atoms with Crippen LogP contribution in [0, 0.1) is 18.8 Å². The molecule has 154 valence electrons. The van der Waals surface area contributed by atoms with Crippen LogP contribution in [0.2, 0.25) is 5.02 Å². The summed E-state index contributed by atoms with van der Waals surface area (Å²) >= 11 is 6.27. The maximum absolute atomic E-state index is 13.4. The summed E-state index contributed by atoms with van der Waals surface area (Å²) in [7, 11) is 0. The van der Waals surface area contributed by atoms with Gasteiger partial charge in [-0.25, -0.2) is 4.98 Å². The largest absolute Gasteiger partial charge is 0.310 e. The Hall–Kier alpha value is -2.79. The van der Waals surface area contributed by atoms with Gasteiger partial charge in [-0.2, -0.15) is 0 Å². The van der Waals surface area contributed by atoms with Crippen molar-refractivity contribution in [2.24, 2.45) is 16.8 Å². The Morgan fingerprint density at radius 3 is 2.67 bits per heavy atom. The standard InChI is InChI=1S/C24H24ClN3O2/c1-13-7-8-20(26-12-13)28-24(30)21-15(3)27-18-9-14(2)10-19(29)23(18)22(21)16-5-4-6-17(25)11-16/h4-8,11-12,14,21-22H,9-10H2,1-3H3,(H,26,28,30)/t14-,21?,22+/m0/s1. The average Bonchev–Trinajstić information content (AvgIpc) is 2.68. The van der Waals surface area contributed by atoms with Crippen LogP contribution in [0.4, 0.5) is 5.82 Å². The number of Topliss-reactive ketones (excluding diaryl/α,β-unsaturated/α-hetero) is 1. The number of aryl methyl sites for hydroxylation is 1. The van der Waals surface area contributed by atoms with E-state index in [9.17, 15) is 9.59 Å². The van der Waals surface area contributed by atoms with Crippen molar-refractivity contribution < 1.29 is 9.59 Å². The maximum Gasteiger partial charge on any atom is 0.235 e. The first-order valence-corrected chi connectivity index (χ1v) is 10.5. The van der Waals surface area contributed by atoms with E-state index < -0.39 is 11.8 Å². The van der Waals surface area contributed by atoms with E-state index in [0.717, 1.165) is 23.2 Å². The molecule has 0 saturated carbocycles. The van der Waals surface area contributed by atoms with Gasteiger partial charge >= 0.3 is 0 Å². The van der Waals surface area contributed by atoms with Crippen LogP contribution in [0.3, 0.4) is 0 Å². The molecule has 3 atom stereocenters. The molecular weight excluding hydrogens is 398 g/mol. The molecule has 1 aromatic heterocycles. The van der Waals surface area contributed by atoms with Gasteiger partial charge in [0.2, 0.25) is 5.91 Å². The zero-order valence-electron chi connectivity index (χ0n) is 17.3. The number of nitrogens with zero attached hydrogens (tertiary/aromatic N) is 2.